The van der Waals surface area contributed by atoms with Crippen molar-refractivity contribution in [1.29, 1.82) is 0 Å². The summed E-state index contributed by atoms with van der Waals surface area (Å²) in [7, 11) is -3.61. The van der Waals surface area contributed by atoms with Crippen molar-refractivity contribution in [2.45, 2.75) is 4.90 Å². The fraction of sp³-hybridized carbons (Fsp3) is 0.278. The Morgan fingerprint density at radius 1 is 1.12 bits per heavy atom. The molecule has 0 spiro atoms. The summed E-state index contributed by atoms with van der Waals surface area (Å²) >= 11 is 3.36. The average Bonchev–Trinajstić information content (AvgIpc) is 2.68. The number of rotatable bonds is 6. The number of ether oxygens (including phenoxy) is 1. The van der Waals surface area contributed by atoms with Gasteiger partial charge in [-0.3, -0.25) is 4.79 Å². The number of hydrogen-bond acceptors (Lipinski definition) is 5. The van der Waals surface area contributed by atoms with E-state index in [0.717, 1.165) is 10.2 Å². The van der Waals surface area contributed by atoms with Crippen LogP contribution in [0.15, 0.2) is 57.9 Å². The van der Waals surface area contributed by atoms with Crippen LogP contribution in [0.5, 0.6) is 0 Å². The van der Waals surface area contributed by atoms with Crippen LogP contribution < -0.4 is 5.32 Å². The second kappa shape index (κ2) is 8.30. The molecule has 6 nitrogen and oxygen atoms in total. The number of morpholine rings is 1. The predicted octanol–water partition coefficient (Wildman–Crippen LogP) is 2.76. The maximum absolute atomic E-state index is 12.7. The van der Waals surface area contributed by atoms with Gasteiger partial charge < -0.3 is 10.1 Å². The number of halogens is 1. The first kappa shape index (κ1) is 19.0. The molecule has 8 heteroatoms. The standard InChI is InChI=1S/C18H19BrN2O4S/c19-15-4-6-16(7-5-15)20-13-18(22)14-2-1-3-17(12-14)26(23,24)21-8-10-25-11-9-21/h1-7,12,20H,8-11,13H2. The van der Waals surface area contributed by atoms with E-state index >= 15 is 0 Å². The Kier molecular flexibility index (Phi) is 6.08. The van der Waals surface area contributed by atoms with Gasteiger partial charge in [-0.2, -0.15) is 4.31 Å². The molecule has 1 fully saturated rings. The molecule has 1 N–H and O–H groups in total. The molecule has 0 unspecified atom stereocenters. The van der Waals surface area contributed by atoms with Crippen molar-refractivity contribution in [3.63, 3.8) is 0 Å². The minimum Gasteiger partial charge on any atom is -0.379 e. The lowest BCUT2D eigenvalue weighted by atomic mass is 10.1. The summed E-state index contributed by atoms with van der Waals surface area (Å²) < 4.78 is 33.0. The zero-order valence-corrected chi connectivity index (χ0v) is 16.4. The number of Topliss-reactive ketones (excluding diaryl/α,β-unsaturated/α-hetero) is 1. The van der Waals surface area contributed by atoms with Crippen molar-refractivity contribution >= 4 is 37.4 Å². The largest absolute Gasteiger partial charge is 0.379 e. The van der Waals surface area contributed by atoms with Crippen molar-refractivity contribution in [2.24, 2.45) is 0 Å². The second-order valence-corrected chi connectivity index (χ2v) is 8.68. The van der Waals surface area contributed by atoms with Gasteiger partial charge in [0.15, 0.2) is 5.78 Å². The molecule has 1 aliphatic rings. The van der Waals surface area contributed by atoms with Crippen LogP contribution in [0.3, 0.4) is 0 Å². The van der Waals surface area contributed by atoms with Gasteiger partial charge in [0.2, 0.25) is 10.0 Å². The molecule has 0 radical (unpaired) electrons. The molecule has 1 heterocycles. The summed E-state index contributed by atoms with van der Waals surface area (Å²) in [5.41, 5.74) is 1.18. The molecular weight excluding hydrogens is 420 g/mol. The van der Waals surface area contributed by atoms with Gasteiger partial charge >= 0.3 is 0 Å². The first-order chi connectivity index (χ1) is 12.5. The van der Waals surface area contributed by atoms with Crippen molar-refractivity contribution in [3.05, 3.63) is 58.6 Å². The van der Waals surface area contributed by atoms with E-state index in [0.29, 0.717) is 31.9 Å². The quantitative estimate of drug-likeness (QED) is 0.701. The second-order valence-electron chi connectivity index (χ2n) is 5.83. The normalized spacial score (nSPS) is 15.6. The summed E-state index contributed by atoms with van der Waals surface area (Å²) in [5, 5.41) is 3.04. The van der Waals surface area contributed by atoms with Crippen molar-refractivity contribution in [2.75, 3.05) is 38.2 Å². The highest BCUT2D eigenvalue weighted by molar-refractivity contribution is 9.10. The topological polar surface area (TPSA) is 75.7 Å². The molecular formula is C18H19BrN2O4S. The summed E-state index contributed by atoms with van der Waals surface area (Å²) in [5.74, 6) is -0.174. The van der Waals surface area contributed by atoms with Gasteiger partial charge in [-0.25, -0.2) is 8.42 Å². The maximum atomic E-state index is 12.7. The average molecular weight is 439 g/mol. The molecule has 0 atom stereocenters. The molecule has 2 aromatic rings. The van der Waals surface area contributed by atoms with E-state index in [4.69, 9.17) is 4.74 Å². The molecule has 0 bridgehead atoms. The first-order valence-electron chi connectivity index (χ1n) is 8.17. The summed E-state index contributed by atoms with van der Waals surface area (Å²) in [6, 6.07) is 13.7. The molecule has 0 aromatic heterocycles. The van der Waals surface area contributed by atoms with Crippen LogP contribution in [0.1, 0.15) is 10.4 Å². The zero-order valence-electron chi connectivity index (χ0n) is 14.0. The third-order valence-electron chi connectivity index (χ3n) is 4.06. The van der Waals surface area contributed by atoms with Gasteiger partial charge in [0.05, 0.1) is 24.7 Å². The number of ketones is 1. The monoisotopic (exact) mass is 438 g/mol. The van der Waals surface area contributed by atoms with Crippen LogP contribution >= 0.6 is 15.9 Å². The summed E-state index contributed by atoms with van der Waals surface area (Å²) in [6.07, 6.45) is 0. The van der Waals surface area contributed by atoms with Gasteiger partial charge in [0, 0.05) is 28.8 Å². The van der Waals surface area contributed by atoms with E-state index in [1.54, 1.807) is 12.1 Å². The smallest absolute Gasteiger partial charge is 0.243 e. The molecule has 0 amide bonds. The number of carbonyl (C=O) groups excluding carboxylic acids is 1. The fourth-order valence-electron chi connectivity index (χ4n) is 2.62. The van der Waals surface area contributed by atoms with Gasteiger partial charge in [-0.05, 0) is 36.4 Å². The lowest BCUT2D eigenvalue weighted by molar-refractivity contribution is 0.0730. The van der Waals surface area contributed by atoms with Crippen LogP contribution in [0, 0.1) is 0 Å². The van der Waals surface area contributed by atoms with Gasteiger partial charge in [0.25, 0.3) is 0 Å². The molecule has 2 aromatic carbocycles. The van der Waals surface area contributed by atoms with Crippen LogP contribution in [-0.4, -0.2) is 51.4 Å². The molecule has 138 valence electrons. The van der Waals surface area contributed by atoms with Gasteiger partial charge in [0.1, 0.15) is 0 Å². The van der Waals surface area contributed by atoms with Crippen LogP contribution in [-0.2, 0) is 14.8 Å². The van der Waals surface area contributed by atoms with Gasteiger partial charge in [-0.15, -0.1) is 0 Å². The Morgan fingerprint density at radius 2 is 1.81 bits per heavy atom. The molecule has 0 aliphatic carbocycles. The molecule has 3 rings (SSSR count). The summed E-state index contributed by atoms with van der Waals surface area (Å²) in [4.78, 5) is 12.6. The Bertz CT molecular complexity index is 878. The van der Waals surface area contributed by atoms with Crippen LogP contribution in [0.25, 0.3) is 0 Å². The minimum absolute atomic E-state index is 0.0860. The number of hydrogen-bond donors (Lipinski definition) is 1. The van der Waals surface area contributed by atoms with E-state index < -0.39 is 10.0 Å². The number of anilines is 1. The Balaban J connectivity index is 1.71. The molecule has 0 saturated carbocycles. The molecule has 1 aliphatic heterocycles. The van der Waals surface area contributed by atoms with E-state index in [1.807, 2.05) is 24.3 Å². The lowest BCUT2D eigenvalue weighted by Gasteiger charge is -2.26. The third-order valence-corrected chi connectivity index (χ3v) is 6.48. The fourth-order valence-corrected chi connectivity index (χ4v) is 4.34. The number of carbonyl (C=O) groups is 1. The zero-order chi connectivity index (χ0) is 18.6. The number of nitrogens with zero attached hydrogens (tertiary/aromatic N) is 1. The highest BCUT2D eigenvalue weighted by Crippen LogP contribution is 2.19. The maximum Gasteiger partial charge on any atom is 0.243 e. The lowest BCUT2D eigenvalue weighted by Crippen LogP contribution is -2.40. The van der Waals surface area contributed by atoms with Crippen LogP contribution in [0.4, 0.5) is 5.69 Å². The SMILES string of the molecule is O=C(CNc1ccc(Br)cc1)c1cccc(S(=O)(=O)N2CCOCC2)c1. The van der Waals surface area contributed by atoms with E-state index in [2.05, 4.69) is 21.2 Å². The van der Waals surface area contributed by atoms with Crippen molar-refractivity contribution in [1.82, 2.24) is 4.31 Å². The Morgan fingerprint density at radius 3 is 2.50 bits per heavy atom. The van der Waals surface area contributed by atoms with E-state index in [1.165, 1.54) is 16.4 Å². The minimum atomic E-state index is -3.61. The molecule has 1 saturated heterocycles. The van der Waals surface area contributed by atoms with E-state index in [9.17, 15) is 13.2 Å². The highest BCUT2D eigenvalue weighted by atomic mass is 79.9. The number of nitrogens with one attached hydrogen (secondary N) is 1. The van der Waals surface area contributed by atoms with Gasteiger partial charge in [-0.1, -0.05) is 28.1 Å². The van der Waals surface area contributed by atoms with Crippen LogP contribution in [0.2, 0.25) is 0 Å². The number of benzene rings is 2. The molecule has 26 heavy (non-hydrogen) atoms. The number of sulfonamides is 1. The summed E-state index contributed by atoms with van der Waals surface area (Å²) in [6.45, 7) is 1.50. The highest BCUT2D eigenvalue weighted by Gasteiger charge is 2.26. The third kappa shape index (κ3) is 4.50. The first-order valence-corrected chi connectivity index (χ1v) is 10.4. The van der Waals surface area contributed by atoms with Crippen molar-refractivity contribution in [3.8, 4) is 0 Å². The van der Waals surface area contributed by atoms with Crippen molar-refractivity contribution < 1.29 is 17.9 Å². The van der Waals surface area contributed by atoms with E-state index in [-0.39, 0.29) is 17.2 Å². The Hall–Kier alpha value is -1.74. The predicted molar refractivity (Wildman–Crippen MR) is 103 cm³/mol. The Labute approximate surface area is 161 Å².